The zero-order valence-electron chi connectivity index (χ0n) is 18.3. The first-order valence-electron chi connectivity index (χ1n) is 10.5. The first kappa shape index (κ1) is 23.5. The van der Waals surface area contributed by atoms with E-state index in [9.17, 15) is 22.8 Å². The Hall–Kier alpha value is -3.20. The van der Waals surface area contributed by atoms with Crippen molar-refractivity contribution in [3.05, 3.63) is 65.7 Å². The maximum atomic E-state index is 13.3. The predicted octanol–water partition coefficient (Wildman–Crippen LogP) is 2.16. The van der Waals surface area contributed by atoms with Gasteiger partial charge in [-0.3, -0.25) is 14.4 Å². The summed E-state index contributed by atoms with van der Waals surface area (Å²) < 4.78 is 26.3. The van der Waals surface area contributed by atoms with Gasteiger partial charge in [-0.2, -0.15) is 0 Å². The maximum Gasteiger partial charge on any atom is 0.269 e. The van der Waals surface area contributed by atoms with Crippen LogP contribution in [-0.2, 0) is 26.2 Å². The van der Waals surface area contributed by atoms with Crippen molar-refractivity contribution in [2.24, 2.45) is 0 Å². The second-order valence-corrected chi connectivity index (χ2v) is 9.64. The lowest BCUT2D eigenvalue weighted by atomic mass is 10.1. The first-order valence-corrected chi connectivity index (χ1v) is 11.9. The first-order chi connectivity index (χ1) is 15.2. The molecule has 0 saturated heterocycles. The Labute approximate surface area is 188 Å². The lowest BCUT2D eigenvalue weighted by Gasteiger charge is -2.30. The van der Waals surface area contributed by atoms with Crippen molar-refractivity contribution in [2.75, 3.05) is 6.54 Å². The normalized spacial score (nSPS) is 16.2. The number of carbonyl (C=O) groups excluding carboxylic acids is 3. The van der Waals surface area contributed by atoms with E-state index in [1.807, 2.05) is 44.2 Å². The molecule has 32 heavy (non-hydrogen) atoms. The standard InChI is InChI=1S/C23H27N3O5S/c1-4-16(2)24-22(28)17(3)25(14-18-10-6-5-7-11-18)21(27)15-26-23(29)19-12-8-9-13-20(19)32(26,30)31/h5-13,16-17H,4,14-15H2,1-3H3,(H,24,28)/t16-,17-/m0/s1. The molecule has 170 valence electrons. The van der Waals surface area contributed by atoms with Crippen LogP contribution < -0.4 is 5.32 Å². The number of nitrogens with zero attached hydrogens (tertiary/aromatic N) is 2. The molecule has 1 heterocycles. The van der Waals surface area contributed by atoms with E-state index in [4.69, 9.17) is 0 Å². The van der Waals surface area contributed by atoms with Crippen molar-refractivity contribution in [1.82, 2.24) is 14.5 Å². The van der Waals surface area contributed by atoms with Gasteiger partial charge < -0.3 is 10.2 Å². The van der Waals surface area contributed by atoms with Gasteiger partial charge >= 0.3 is 0 Å². The van der Waals surface area contributed by atoms with Crippen molar-refractivity contribution >= 4 is 27.7 Å². The van der Waals surface area contributed by atoms with Crippen molar-refractivity contribution in [3.63, 3.8) is 0 Å². The molecule has 9 heteroatoms. The van der Waals surface area contributed by atoms with Crippen LogP contribution in [0.5, 0.6) is 0 Å². The number of hydrogen-bond donors (Lipinski definition) is 1. The second kappa shape index (κ2) is 9.52. The third-order valence-electron chi connectivity index (χ3n) is 5.55. The molecule has 1 N–H and O–H groups in total. The molecule has 0 aliphatic carbocycles. The average molecular weight is 458 g/mol. The number of sulfonamides is 1. The largest absolute Gasteiger partial charge is 0.352 e. The molecule has 2 aromatic rings. The zero-order valence-corrected chi connectivity index (χ0v) is 19.1. The van der Waals surface area contributed by atoms with E-state index in [-0.39, 0.29) is 29.0 Å². The van der Waals surface area contributed by atoms with E-state index >= 15 is 0 Å². The summed E-state index contributed by atoms with van der Waals surface area (Å²) in [6.07, 6.45) is 0.726. The molecule has 2 aromatic carbocycles. The van der Waals surface area contributed by atoms with Gasteiger partial charge in [0.05, 0.1) is 5.56 Å². The quantitative estimate of drug-likeness (QED) is 0.654. The average Bonchev–Trinajstić information content (AvgIpc) is 2.98. The number of carbonyl (C=O) groups is 3. The van der Waals surface area contributed by atoms with E-state index < -0.39 is 34.4 Å². The Kier molecular flexibility index (Phi) is 6.98. The van der Waals surface area contributed by atoms with E-state index in [0.29, 0.717) is 4.31 Å². The van der Waals surface area contributed by atoms with Gasteiger partial charge in [0.2, 0.25) is 11.8 Å². The van der Waals surface area contributed by atoms with Crippen molar-refractivity contribution in [2.45, 2.75) is 50.7 Å². The number of amides is 3. The summed E-state index contributed by atoms with van der Waals surface area (Å²) in [4.78, 5) is 39.9. The Morgan fingerprint density at radius 3 is 2.28 bits per heavy atom. The summed E-state index contributed by atoms with van der Waals surface area (Å²) in [5.74, 6) is -1.72. The molecule has 2 atom stereocenters. The molecule has 0 bridgehead atoms. The zero-order chi connectivity index (χ0) is 23.5. The lowest BCUT2D eigenvalue weighted by Crippen LogP contribution is -2.52. The topological polar surface area (TPSA) is 104 Å². The van der Waals surface area contributed by atoms with Crippen molar-refractivity contribution < 1.29 is 22.8 Å². The fraction of sp³-hybridized carbons (Fsp3) is 0.348. The summed E-state index contributed by atoms with van der Waals surface area (Å²) in [5.41, 5.74) is 0.820. The summed E-state index contributed by atoms with van der Waals surface area (Å²) in [7, 11) is -4.13. The number of benzene rings is 2. The summed E-state index contributed by atoms with van der Waals surface area (Å²) in [5, 5.41) is 2.85. The Balaban J connectivity index is 1.87. The van der Waals surface area contributed by atoms with E-state index in [0.717, 1.165) is 12.0 Å². The van der Waals surface area contributed by atoms with E-state index in [1.165, 1.54) is 23.1 Å². The van der Waals surface area contributed by atoms with Crippen LogP contribution in [0.25, 0.3) is 0 Å². The fourth-order valence-corrected chi connectivity index (χ4v) is 4.95. The SMILES string of the molecule is CC[C@H](C)NC(=O)[C@H](C)N(Cc1ccccc1)C(=O)CN1C(=O)c2ccccc2S1(=O)=O. The molecule has 0 unspecified atom stereocenters. The third-order valence-corrected chi connectivity index (χ3v) is 7.34. The van der Waals surface area contributed by atoms with Crippen LogP contribution in [0, 0.1) is 0 Å². The smallest absolute Gasteiger partial charge is 0.269 e. The van der Waals surface area contributed by atoms with Gasteiger partial charge in [-0.1, -0.05) is 49.4 Å². The van der Waals surface area contributed by atoms with Crippen LogP contribution in [0.3, 0.4) is 0 Å². The molecular weight excluding hydrogens is 430 g/mol. The number of rotatable bonds is 8. The van der Waals surface area contributed by atoms with E-state index in [1.54, 1.807) is 13.0 Å². The minimum absolute atomic E-state index is 0.0393. The van der Waals surface area contributed by atoms with Gasteiger partial charge in [-0.25, -0.2) is 12.7 Å². The van der Waals surface area contributed by atoms with Crippen LogP contribution in [0.4, 0.5) is 0 Å². The Morgan fingerprint density at radius 2 is 1.66 bits per heavy atom. The van der Waals surface area contributed by atoms with Gasteiger partial charge in [0, 0.05) is 12.6 Å². The van der Waals surface area contributed by atoms with E-state index in [2.05, 4.69) is 5.32 Å². The molecule has 0 aromatic heterocycles. The second-order valence-electron chi connectivity index (χ2n) is 7.81. The van der Waals surface area contributed by atoms with Gasteiger partial charge in [-0.05, 0) is 38.0 Å². The molecule has 3 rings (SSSR count). The maximum absolute atomic E-state index is 13.3. The molecule has 3 amide bonds. The minimum atomic E-state index is -4.13. The third kappa shape index (κ3) is 4.67. The molecular formula is C23H27N3O5S. The fourth-order valence-electron chi connectivity index (χ4n) is 3.43. The highest BCUT2D eigenvalue weighted by Gasteiger charge is 2.43. The highest BCUT2D eigenvalue weighted by Crippen LogP contribution is 2.30. The summed E-state index contributed by atoms with van der Waals surface area (Å²) >= 11 is 0. The highest BCUT2D eigenvalue weighted by atomic mass is 32.2. The molecule has 0 saturated carbocycles. The summed E-state index contributed by atoms with van der Waals surface area (Å²) in [6.45, 7) is 4.81. The van der Waals surface area contributed by atoms with Gasteiger partial charge in [0.25, 0.3) is 15.9 Å². The Bertz CT molecular complexity index is 1120. The van der Waals surface area contributed by atoms with Crippen LogP contribution in [0.15, 0.2) is 59.5 Å². The lowest BCUT2D eigenvalue weighted by molar-refractivity contribution is -0.140. The molecule has 8 nitrogen and oxygen atoms in total. The van der Waals surface area contributed by atoms with Crippen LogP contribution in [-0.4, -0.2) is 54.0 Å². The number of hydrogen-bond acceptors (Lipinski definition) is 5. The molecule has 0 spiro atoms. The highest BCUT2D eigenvalue weighted by molar-refractivity contribution is 7.90. The minimum Gasteiger partial charge on any atom is -0.352 e. The molecule has 1 aliphatic rings. The summed E-state index contributed by atoms with van der Waals surface area (Å²) in [6, 6.07) is 14.0. The molecule has 0 fully saturated rings. The molecule has 1 aliphatic heterocycles. The number of fused-ring (bicyclic) bond motifs is 1. The monoisotopic (exact) mass is 457 g/mol. The van der Waals surface area contributed by atoms with Gasteiger partial charge in [0.15, 0.2) is 0 Å². The Morgan fingerprint density at radius 1 is 1.03 bits per heavy atom. The predicted molar refractivity (Wildman–Crippen MR) is 119 cm³/mol. The van der Waals surface area contributed by atoms with Crippen LogP contribution >= 0.6 is 0 Å². The van der Waals surface area contributed by atoms with Crippen LogP contribution in [0.1, 0.15) is 43.1 Å². The van der Waals surface area contributed by atoms with Crippen molar-refractivity contribution in [3.8, 4) is 0 Å². The number of nitrogens with one attached hydrogen (secondary N) is 1. The molecule has 0 radical (unpaired) electrons. The van der Waals surface area contributed by atoms with Crippen LogP contribution in [0.2, 0.25) is 0 Å². The van der Waals surface area contributed by atoms with Gasteiger partial charge in [-0.15, -0.1) is 0 Å². The van der Waals surface area contributed by atoms with Crippen molar-refractivity contribution in [1.29, 1.82) is 0 Å². The van der Waals surface area contributed by atoms with Gasteiger partial charge in [0.1, 0.15) is 17.5 Å².